The Labute approximate surface area is 71.8 Å². The van der Waals surface area contributed by atoms with Crippen molar-refractivity contribution in [3.05, 3.63) is 0 Å². The van der Waals surface area contributed by atoms with E-state index in [-0.39, 0.29) is 0 Å². The van der Waals surface area contributed by atoms with E-state index in [0.29, 0.717) is 6.61 Å². The Bertz CT molecular complexity index is 59.9. The smallest absolute Gasteiger partial charge is 0.0433 e. The molecule has 0 aliphatic carbocycles. The number of aliphatic hydroxyl groups is 1. The molecular weight excluding hydrogens is 136 g/mol. The maximum atomic E-state index is 8.62. The van der Waals surface area contributed by atoms with Gasteiger partial charge < -0.3 is 5.11 Å². The highest BCUT2D eigenvalue weighted by molar-refractivity contribution is 4.59. The summed E-state index contributed by atoms with van der Waals surface area (Å²) < 4.78 is 0. The quantitative estimate of drug-likeness (QED) is 0.670. The lowest BCUT2D eigenvalue weighted by Crippen LogP contribution is -2.08. The molecule has 0 bridgehead atoms. The first-order valence-corrected chi connectivity index (χ1v) is 4.83. The van der Waals surface area contributed by atoms with Crippen LogP contribution in [-0.4, -0.2) is 11.7 Å². The summed E-state index contributed by atoms with van der Waals surface area (Å²) in [6.07, 6.45) is 2.16. The van der Waals surface area contributed by atoms with Gasteiger partial charge in [-0.15, -0.1) is 0 Å². The highest BCUT2D eigenvalue weighted by atomic mass is 16.3. The molecule has 1 nitrogen and oxygen atoms in total. The van der Waals surface area contributed by atoms with Crippen LogP contribution in [0, 0.1) is 11.8 Å². The minimum Gasteiger partial charge on any atom is -0.396 e. The average Bonchev–Trinajstić information content (AvgIpc) is 2.03. The molecule has 0 radical (unpaired) electrons. The van der Waals surface area contributed by atoms with Gasteiger partial charge in [0.05, 0.1) is 0 Å². The highest BCUT2D eigenvalue weighted by Gasteiger charge is 2.08. The van der Waals surface area contributed by atoms with Gasteiger partial charge in [0.15, 0.2) is 0 Å². The molecule has 11 heavy (non-hydrogen) atoms. The molecule has 0 aromatic rings. The van der Waals surface area contributed by atoms with Crippen LogP contribution in [0.3, 0.4) is 0 Å². The van der Waals surface area contributed by atoms with Gasteiger partial charge in [0.25, 0.3) is 0 Å². The average molecular weight is 160 g/mol. The van der Waals surface area contributed by atoms with Crippen molar-refractivity contribution >= 4 is 0 Å². The van der Waals surface area contributed by atoms with E-state index in [0.717, 1.165) is 18.3 Å². The second kappa shape index (κ2) is 9.96. The first-order valence-electron chi connectivity index (χ1n) is 4.83. The molecule has 0 aromatic carbocycles. The van der Waals surface area contributed by atoms with Crippen LogP contribution in [0.1, 0.15) is 47.5 Å². The third-order valence-electron chi connectivity index (χ3n) is 1.97. The highest BCUT2D eigenvalue weighted by Crippen LogP contribution is 2.17. The largest absolute Gasteiger partial charge is 0.396 e. The van der Waals surface area contributed by atoms with Crippen molar-refractivity contribution in [3.8, 4) is 0 Å². The minimum absolute atomic E-state index is 0.344. The molecule has 1 atom stereocenters. The molecule has 70 valence electrons. The summed E-state index contributed by atoms with van der Waals surface area (Å²) >= 11 is 0. The molecule has 0 spiro atoms. The van der Waals surface area contributed by atoms with Crippen molar-refractivity contribution in [2.24, 2.45) is 11.8 Å². The Kier molecular flexibility index (Phi) is 12.3. The summed E-state index contributed by atoms with van der Waals surface area (Å²) in [6.45, 7) is 10.9. The van der Waals surface area contributed by atoms with E-state index < -0.39 is 0 Å². The van der Waals surface area contributed by atoms with Crippen LogP contribution < -0.4 is 0 Å². The van der Waals surface area contributed by atoms with Crippen LogP contribution in [0.2, 0.25) is 0 Å². The Balaban J connectivity index is 0. The van der Waals surface area contributed by atoms with Crippen LogP contribution >= 0.6 is 0 Å². The summed E-state index contributed by atoms with van der Waals surface area (Å²) in [5, 5.41) is 8.62. The molecule has 1 unspecified atom stereocenters. The van der Waals surface area contributed by atoms with Crippen molar-refractivity contribution < 1.29 is 5.11 Å². The normalized spacial score (nSPS) is 12.3. The van der Waals surface area contributed by atoms with E-state index in [1.165, 1.54) is 6.42 Å². The monoisotopic (exact) mass is 160 g/mol. The summed E-state index contributed by atoms with van der Waals surface area (Å²) in [7, 11) is 0. The van der Waals surface area contributed by atoms with Gasteiger partial charge in [-0.25, -0.2) is 0 Å². The Hall–Kier alpha value is -0.0400. The molecule has 1 N–H and O–H groups in total. The van der Waals surface area contributed by atoms with Gasteiger partial charge in [-0.05, 0) is 18.3 Å². The zero-order valence-electron chi connectivity index (χ0n) is 8.72. The molecule has 1 heteroatoms. The molecule has 0 fully saturated rings. The molecule has 0 aliphatic heterocycles. The Morgan fingerprint density at radius 3 is 1.73 bits per heavy atom. The lowest BCUT2D eigenvalue weighted by Gasteiger charge is -2.16. The van der Waals surface area contributed by atoms with Crippen molar-refractivity contribution in [2.75, 3.05) is 6.61 Å². The lowest BCUT2D eigenvalue weighted by atomic mass is 9.91. The van der Waals surface area contributed by atoms with Crippen molar-refractivity contribution in [1.82, 2.24) is 0 Å². The zero-order valence-corrected chi connectivity index (χ0v) is 8.72. The van der Waals surface area contributed by atoms with Gasteiger partial charge in [-0.1, -0.05) is 41.0 Å². The third kappa shape index (κ3) is 7.86. The van der Waals surface area contributed by atoms with E-state index in [2.05, 4.69) is 20.8 Å². The molecular formula is C10H24O. The molecule has 0 amide bonds. The number of hydrogen-bond acceptors (Lipinski definition) is 1. The SMILES string of the molecule is CC.CCC(CCO)C(C)C. The second-order valence-corrected chi connectivity index (χ2v) is 2.92. The van der Waals surface area contributed by atoms with Crippen molar-refractivity contribution in [3.63, 3.8) is 0 Å². The first-order chi connectivity index (χ1) is 5.22. The van der Waals surface area contributed by atoms with E-state index >= 15 is 0 Å². The molecule has 0 aliphatic rings. The van der Waals surface area contributed by atoms with Crippen LogP contribution in [-0.2, 0) is 0 Å². The standard InChI is InChI=1S/C8H18O.C2H6/c1-4-8(5-6-9)7(2)3;1-2/h7-9H,4-6H2,1-3H3;1-2H3. The van der Waals surface area contributed by atoms with Gasteiger partial charge in [-0.3, -0.25) is 0 Å². The van der Waals surface area contributed by atoms with Crippen molar-refractivity contribution in [2.45, 2.75) is 47.5 Å². The Morgan fingerprint density at radius 1 is 1.18 bits per heavy atom. The number of hydrogen-bond donors (Lipinski definition) is 1. The van der Waals surface area contributed by atoms with E-state index in [4.69, 9.17) is 5.11 Å². The van der Waals surface area contributed by atoms with E-state index in [1.54, 1.807) is 0 Å². The Morgan fingerprint density at radius 2 is 1.64 bits per heavy atom. The van der Waals surface area contributed by atoms with Gasteiger partial charge in [0.1, 0.15) is 0 Å². The van der Waals surface area contributed by atoms with Gasteiger partial charge >= 0.3 is 0 Å². The predicted molar refractivity (Wildman–Crippen MR) is 51.7 cm³/mol. The minimum atomic E-state index is 0.344. The first kappa shape index (κ1) is 13.5. The van der Waals surface area contributed by atoms with Crippen LogP contribution in [0.25, 0.3) is 0 Å². The third-order valence-corrected chi connectivity index (χ3v) is 1.97. The molecule has 0 heterocycles. The maximum absolute atomic E-state index is 8.62. The molecule has 0 aromatic heterocycles. The topological polar surface area (TPSA) is 20.2 Å². The predicted octanol–water partition coefficient (Wildman–Crippen LogP) is 3.08. The summed E-state index contributed by atoms with van der Waals surface area (Å²) in [5.41, 5.74) is 0. The summed E-state index contributed by atoms with van der Waals surface area (Å²) in [5.74, 6) is 1.44. The zero-order chi connectivity index (χ0) is 9.28. The van der Waals surface area contributed by atoms with Crippen LogP contribution in [0.4, 0.5) is 0 Å². The van der Waals surface area contributed by atoms with Crippen LogP contribution in [0.15, 0.2) is 0 Å². The molecule has 0 saturated carbocycles. The number of aliphatic hydroxyl groups excluding tert-OH is 1. The fourth-order valence-corrected chi connectivity index (χ4v) is 1.17. The molecule has 0 rings (SSSR count). The fraction of sp³-hybridized carbons (Fsp3) is 1.00. The van der Waals surface area contributed by atoms with Gasteiger partial charge in [-0.2, -0.15) is 0 Å². The lowest BCUT2D eigenvalue weighted by molar-refractivity contribution is 0.228. The van der Waals surface area contributed by atoms with Crippen molar-refractivity contribution in [1.29, 1.82) is 0 Å². The van der Waals surface area contributed by atoms with Gasteiger partial charge in [0.2, 0.25) is 0 Å². The summed E-state index contributed by atoms with van der Waals surface area (Å²) in [4.78, 5) is 0. The summed E-state index contributed by atoms with van der Waals surface area (Å²) in [6, 6.07) is 0. The maximum Gasteiger partial charge on any atom is 0.0433 e. The van der Waals surface area contributed by atoms with Crippen LogP contribution in [0.5, 0.6) is 0 Å². The fourth-order valence-electron chi connectivity index (χ4n) is 1.17. The molecule has 0 saturated heterocycles. The van der Waals surface area contributed by atoms with Gasteiger partial charge in [0, 0.05) is 6.61 Å². The van der Waals surface area contributed by atoms with E-state index in [1.807, 2.05) is 13.8 Å². The number of rotatable bonds is 4. The second-order valence-electron chi connectivity index (χ2n) is 2.92. The van der Waals surface area contributed by atoms with E-state index in [9.17, 15) is 0 Å².